The second-order valence-electron chi connectivity index (χ2n) is 13.3. The normalized spacial score (nSPS) is 11.8. The van der Waals surface area contributed by atoms with Gasteiger partial charge in [0.15, 0.2) is 0 Å². The fourth-order valence-electron chi connectivity index (χ4n) is 7.99. The highest BCUT2D eigenvalue weighted by molar-refractivity contribution is 6.23. The summed E-state index contributed by atoms with van der Waals surface area (Å²) in [6.45, 7) is 0. The monoisotopic (exact) mass is 663 g/mol. The second kappa shape index (κ2) is 11.2. The molecule has 7 aromatic carbocycles. The van der Waals surface area contributed by atoms with Crippen molar-refractivity contribution in [2.45, 2.75) is 0 Å². The molecule has 52 heavy (non-hydrogen) atoms. The smallest absolute Gasteiger partial charge is 0.137 e. The van der Waals surface area contributed by atoms with Gasteiger partial charge in [-0.1, -0.05) is 115 Å². The summed E-state index contributed by atoms with van der Waals surface area (Å²) >= 11 is 0. The molecule has 0 saturated carbocycles. The van der Waals surface area contributed by atoms with Crippen LogP contribution in [0.3, 0.4) is 0 Å². The molecule has 0 bridgehead atoms. The van der Waals surface area contributed by atoms with Crippen LogP contribution >= 0.6 is 0 Å². The first-order valence-electron chi connectivity index (χ1n) is 17.5. The zero-order valence-corrected chi connectivity index (χ0v) is 28.0. The summed E-state index contributed by atoms with van der Waals surface area (Å²) in [4.78, 5) is 15.3. The van der Waals surface area contributed by atoms with Gasteiger partial charge < -0.3 is 4.57 Å². The maximum Gasteiger partial charge on any atom is 0.137 e. The van der Waals surface area contributed by atoms with Gasteiger partial charge in [-0.3, -0.25) is 4.57 Å². The van der Waals surface area contributed by atoms with Gasteiger partial charge in [0.2, 0.25) is 0 Å². The Bertz CT molecular complexity index is 3160. The number of hydrogen-bond donors (Lipinski definition) is 0. The lowest BCUT2D eigenvalue weighted by atomic mass is 10.0. The third-order valence-electron chi connectivity index (χ3n) is 10.3. The molecule has 0 fully saturated rings. The molecule has 0 amide bonds. The van der Waals surface area contributed by atoms with E-state index < -0.39 is 0 Å². The molecule has 4 aromatic heterocycles. The fourth-order valence-corrected chi connectivity index (χ4v) is 7.99. The Balaban J connectivity index is 1.16. The summed E-state index contributed by atoms with van der Waals surface area (Å²) in [6.07, 6.45) is 1.94. The third-order valence-corrected chi connectivity index (χ3v) is 10.3. The van der Waals surface area contributed by atoms with Gasteiger partial charge in [-0.25, -0.2) is 15.0 Å². The lowest BCUT2D eigenvalue weighted by Gasteiger charge is -2.12. The minimum Gasteiger partial charge on any atom is -0.309 e. The number of pyridine rings is 1. The van der Waals surface area contributed by atoms with Crippen LogP contribution in [0.25, 0.3) is 99.4 Å². The first-order valence-corrected chi connectivity index (χ1v) is 17.5. The fraction of sp³-hybridized carbons (Fsp3) is 0. The standard InChI is InChI=1S/C47H29N5/c1-3-14-31(15-4-1)45-46(50-40-21-11-10-20-39(40)49-45)32-24-26-44(48-29-32)52-41-22-12-9-19-35(41)37-27-38-36-25-23-30-13-7-8-18-34(30)47(36)51(42(38)28-43(37)52)33-16-5-2-6-17-33/h1-29H. The van der Waals surface area contributed by atoms with Crippen LogP contribution in [0.15, 0.2) is 176 Å². The van der Waals surface area contributed by atoms with Crippen molar-refractivity contribution in [1.29, 1.82) is 0 Å². The zero-order chi connectivity index (χ0) is 34.2. The number of benzene rings is 7. The highest BCUT2D eigenvalue weighted by Gasteiger charge is 2.21. The van der Waals surface area contributed by atoms with Crippen LogP contribution in [-0.2, 0) is 0 Å². The Morgan fingerprint density at radius 1 is 0.385 bits per heavy atom. The number of para-hydroxylation sites is 4. The number of aromatic nitrogens is 5. The average Bonchev–Trinajstić information content (AvgIpc) is 3.72. The Morgan fingerprint density at radius 2 is 1.02 bits per heavy atom. The molecule has 242 valence electrons. The van der Waals surface area contributed by atoms with E-state index in [9.17, 15) is 0 Å². The summed E-state index contributed by atoms with van der Waals surface area (Å²) < 4.78 is 4.72. The maximum atomic E-state index is 5.15. The molecule has 0 aliphatic carbocycles. The van der Waals surface area contributed by atoms with Crippen molar-refractivity contribution in [3.8, 4) is 34.0 Å². The molecule has 0 aliphatic heterocycles. The van der Waals surface area contributed by atoms with E-state index in [-0.39, 0.29) is 0 Å². The molecule has 0 saturated heterocycles. The van der Waals surface area contributed by atoms with Crippen LogP contribution in [0.2, 0.25) is 0 Å². The maximum absolute atomic E-state index is 5.15. The summed E-state index contributed by atoms with van der Waals surface area (Å²) in [5, 5.41) is 7.32. The highest BCUT2D eigenvalue weighted by Crippen LogP contribution is 2.41. The number of nitrogens with zero attached hydrogens (tertiary/aromatic N) is 5. The summed E-state index contributed by atoms with van der Waals surface area (Å²) in [7, 11) is 0. The molecular formula is C47H29N5. The SMILES string of the molecule is c1ccc(-c2nc3ccccc3nc2-c2ccc(-n3c4ccccc4c4cc5c6ccc7ccccc7c6n(-c6ccccc6)c5cc43)nc2)cc1. The minimum atomic E-state index is 0.812. The predicted molar refractivity (Wildman–Crippen MR) is 214 cm³/mol. The number of hydrogen-bond acceptors (Lipinski definition) is 3. The molecule has 11 aromatic rings. The number of rotatable bonds is 4. The van der Waals surface area contributed by atoms with Gasteiger partial charge in [0.1, 0.15) is 5.82 Å². The van der Waals surface area contributed by atoms with Crippen molar-refractivity contribution in [2.24, 2.45) is 0 Å². The highest BCUT2D eigenvalue weighted by atomic mass is 15.1. The molecule has 5 heteroatoms. The van der Waals surface area contributed by atoms with Crippen molar-refractivity contribution in [2.75, 3.05) is 0 Å². The molecule has 5 nitrogen and oxygen atoms in total. The molecule has 0 radical (unpaired) electrons. The Labute approximate surface area is 298 Å². The molecule has 0 spiro atoms. The lowest BCUT2D eigenvalue weighted by Crippen LogP contribution is -2.00. The van der Waals surface area contributed by atoms with Crippen molar-refractivity contribution < 1.29 is 0 Å². The van der Waals surface area contributed by atoms with E-state index in [1.54, 1.807) is 0 Å². The first-order chi connectivity index (χ1) is 25.8. The van der Waals surface area contributed by atoms with Crippen LogP contribution in [-0.4, -0.2) is 24.1 Å². The van der Waals surface area contributed by atoms with Gasteiger partial charge in [-0.2, -0.15) is 0 Å². The van der Waals surface area contributed by atoms with E-state index in [1.807, 2.05) is 48.7 Å². The average molecular weight is 664 g/mol. The Hall–Kier alpha value is -7.11. The van der Waals surface area contributed by atoms with Crippen LogP contribution in [0, 0.1) is 0 Å². The van der Waals surface area contributed by atoms with Crippen molar-refractivity contribution in [3.63, 3.8) is 0 Å². The zero-order valence-electron chi connectivity index (χ0n) is 28.0. The summed E-state index contributed by atoms with van der Waals surface area (Å²) in [5.41, 5.74) is 11.0. The van der Waals surface area contributed by atoms with E-state index in [0.717, 1.165) is 61.6 Å². The number of fused-ring (bicyclic) bond motifs is 9. The van der Waals surface area contributed by atoms with E-state index in [4.69, 9.17) is 15.0 Å². The topological polar surface area (TPSA) is 48.5 Å². The lowest BCUT2D eigenvalue weighted by molar-refractivity contribution is 1.08. The van der Waals surface area contributed by atoms with Gasteiger partial charge >= 0.3 is 0 Å². The Kier molecular flexibility index (Phi) is 6.18. The van der Waals surface area contributed by atoms with E-state index in [2.05, 4.69) is 137 Å². The minimum absolute atomic E-state index is 0.812. The molecule has 0 unspecified atom stereocenters. The van der Waals surface area contributed by atoms with Crippen LogP contribution in [0.1, 0.15) is 0 Å². The quantitative estimate of drug-likeness (QED) is 0.188. The van der Waals surface area contributed by atoms with E-state index in [1.165, 1.54) is 37.8 Å². The van der Waals surface area contributed by atoms with Crippen molar-refractivity contribution in [3.05, 3.63) is 176 Å². The largest absolute Gasteiger partial charge is 0.309 e. The van der Waals surface area contributed by atoms with Crippen LogP contribution in [0.4, 0.5) is 0 Å². The summed E-state index contributed by atoms with van der Waals surface area (Å²) in [6, 6.07) is 59.8. The van der Waals surface area contributed by atoms with Crippen molar-refractivity contribution >= 4 is 65.4 Å². The molecule has 0 N–H and O–H groups in total. The van der Waals surface area contributed by atoms with Gasteiger partial charge in [-0.15, -0.1) is 0 Å². The third kappa shape index (κ3) is 4.26. The molecule has 11 rings (SSSR count). The van der Waals surface area contributed by atoms with Gasteiger partial charge in [-0.05, 0) is 60.0 Å². The van der Waals surface area contributed by atoms with Gasteiger partial charge in [0.25, 0.3) is 0 Å². The van der Waals surface area contributed by atoms with E-state index in [0.29, 0.717) is 0 Å². The van der Waals surface area contributed by atoms with Crippen LogP contribution in [0.5, 0.6) is 0 Å². The second-order valence-corrected chi connectivity index (χ2v) is 13.3. The molecule has 0 atom stereocenters. The summed E-state index contributed by atoms with van der Waals surface area (Å²) in [5.74, 6) is 0.845. The van der Waals surface area contributed by atoms with E-state index >= 15 is 0 Å². The molecular weight excluding hydrogens is 635 g/mol. The predicted octanol–water partition coefficient (Wildman–Crippen LogP) is 11.7. The van der Waals surface area contributed by atoms with Gasteiger partial charge in [0, 0.05) is 49.9 Å². The van der Waals surface area contributed by atoms with Crippen molar-refractivity contribution in [1.82, 2.24) is 24.1 Å². The molecule has 0 aliphatic rings. The first kappa shape index (κ1) is 28.7. The van der Waals surface area contributed by atoms with Crippen LogP contribution < -0.4 is 0 Å². The Morgan fingerprint density at radius 3 is 1.79 bits per heavy atom. The molecule has 4 heterocycles. The van der Waals surface area contributed by atoms with Gasteiger partial charge in [0.05, 0.1) is 44.5 Å².